The summed E-state index contributed by atoms with van der Waals surface area (Å²) in [6.07, 6.45) is 2.66. The van der Waals surface area contributed by atoms with E-state index >= 15 is 0 Å². The summed E-state index contributed by atoms with van der Waals surface area (Å²) >= 11 is 0. The van der Waals surface area contributed by atoms with Gasteiger partial charge in [0.15, 0.2) is 5.82 Å². The molecule has 1 amide bonds. The number of ether oxygens (including phenoxy) is 1. The van der Waals surface area contributed by atoms with Crippen molar-refractivity contribution in [3.63, 3.8) is 0 Å². The maximum atomic E-state index is 11.6. The van der Waals surface area contributed by atoms with Crippen molar-refractivity contribution in [2.75, 3.05) is 25.0 Å². The molecule has 0 saturated carbocycles. The molecule has 0 aliphatic carbocycles. The van der Waals surface area contributed by atoms with Crippen molar-refractivity contribution in [2.24, 2.45) is 0 Å². The molecule has 1 aromatic rings. The zero-order valence-electron chi connectivity index (χ0n) is 10.6. The van der Waals surface area contributed by atoms with Gasteiger partial charge in [-0.2, -0.15) is 0 Å². The molecule has 1 aromatic heterocycles. The van der Waals surface area contributed by atoms with Gasteiger partial charge in [0.05, 0.1) is 19.1 Å². The van der Waals surface area contributed by atoms with Crippen molar-refractivity contribution >= 4 is 11.7 Å². The van der Waals surface area contributed by atoms with Gasteiger partial charge in [0.1, 0.15) is 5.76 Å². The summed E-state index contributed by atoms with van der Waals surface area (Å²) in [6.45, 7) is 4.22. The highest BCUT2D eigenvalue weighted by Crippen LogP contribution is 2.09. The fourth-order valence-electron chi connectivity index (χ4n) is 1.91. The van der Waals surface area contributed by atoms with Crippen LogP contribution in [0.1, 0.15) is 25.0 Å². The van der Waals surface area contributed by atoms with Crippen LogP contribution in [0.4, 0.5) is 5.82 Å². The van der Waals surface area contributed by atoms with Crippen LogP contribution < -0.4 is 10.6 Å². The van der Waals surface area contributed by atoms with E-state index < -0.39 is 0 Å². The minimum absolute atomic E-state index is 0.0998. The minimum atomic E-state index is -0.0998. The van der Waals surface area contributed by atoms with Crippen LogP contribution in [0, 0.1) is 6.92 Å². The largest absolute Gasteiger partial charge is 0.378 e. The topological polar surface area (TPSA) is 76.4 Å². The van der Waals surface area contributed by atoms with Crippen molar-refractivity contribution < 1.29 is 14.1 Å². The van der Waals surface area contributed by atoms with Gasteiger partial charge >= 0.3 is 0 Å². The van der Waals surface area contributed by atoms with Crippen LogP contribution in [0.15, 0.2) is 10.6 Å². The number of nitrogens with one attached hydrogen (secondary N) is 2. The third-order valence-electron chi connectivity index (χ3n) is 2.86. The molecule has 2 N–H and O–H groups in total. The second-order valence-corrected chi connectivity index (χ2v) is 4.44. The zero-order chi connectivity index (χ0) is 12.8. The average molecular weight is 253 g/mol. The molecule has 0 spiro atoms. The number of carbonyl (C=O) groups is 1. The Morgan fingerprint density at radius 1 is 1.61 bits per heavy atom. The van der Waals surface area contributed by atoms with Gasteiger partial charge in [-0.05, 0) is 32.9 Å². The standard InChI is InChI=1S/C12H19N3O3/c1-9-8-11(15-18-9)14-12(16)4-7-17-10-2-5-13-6-3-10/h8,10,13H,2-7H2,1H3,(H,14,15,16). The van der Waals surface area contributed by atoms with Crippen molar-refractivity contribution in [1.29, 1.82) is 0 Å². The van der Waals surface area contributed by atoms with Gasteiger partial charge in [-0.25, -0.2) is 0 Å². The van der Waals surface area contributed by atoms with Crippen molar-refractivity contribution in [2.45, 2.75) is 32.3 Å². The molecule has 6 nitrogen and oxygen atoms in total. The summed E-state index contributed by atoms with van der Waals surface area (Å²) in [6, 6.07) is 1.69. The van der Waals surface area contributed by atoms with E-state index in [2.05, 4.69) is 15.8 Å². The Labute approximate surface area is 106 Å². The van der Waals surface area contributed by atoms with Crippen LogP contribution in [-0.4, -0.2) is 36.9 Å². The monoisotopic (exact) mass is 253 g/mol. The summed E-state index contributed by atoms with van der Waals surface area (Å²) in [5.41, 5.74) is 0. The lowest BCUT2D eigenvalue weighted by Crippen LogP contribution is -2.33. The Kier molecular flexibility index (Phi) is 4.72. The van der Waals surface area contributed by atoms with Gasteiger partial charge in [-0.15, -0.1) is 0 Å². The molecule has 0 atom stereocenters. The third kappa shape index (κ3) is 4.12. The molecule has 6 heteroatoms. The first-order chi connectivity index (χ1) is 8.74. The summed E-state index contributed by atoms with van der Waals surface area (Å²) in [7, 11) is 0. The number of rotatable bonds is 5. The van der Waals surface area contributed by atoms with E-state index in [9.17, 15) is 4.79 Å². The van der Waals surface area contributed by atoms with Gasteiger partial charge in [-0.3, -0.25) is 4.79 Å². The lowest BCUT2D eigenvalue weighted by Gasteiger charge is -2.22. The van der Waals surface area contributed by atoms with E-state index in [-0.39, 0.29) is 12.0 Å². The fraction of sp³-hybridized carbons (Fsp3) is 0.667. The normalized spacial score (nSPS) is 16.7. The first-order valence-corrected chi connectivity index (χ1v) is 6.29. The first kappa shape index (κ1) is 13.0. The second kappa shape index (κ2) is 6.51. The predicted octanol–water partition coefficient (Wildman–Crippen LogP) is 1.08. The molecule has 1 aliphatic heterocycles. The van der Waals surface area contributed by atoms with E-state index in [1.165, 1.54) is 0 Å². The number of hydrogen-bond acceptors (Lipinski definition) is 5. The Bertz CT molecular complexity index is 386. The van der Waals surface area contributed by atoms with E-state index in [4.69, 9.17) is 9.26 Å². The van der Waals surface area contributed by atoms with Crippen LogP contribution in [-0.2, 0) is 9.53 Å². The van der Waals surface area contributed by atoms with Gasteiger partial charge in [-0.1, -0.05) is 5.16 Å². The quantitative estimate of drug-likeness (QED) is 0.821. The molecular weight excluding hydrogens is 234 g/mol. The fourth-order valence-corrected chi connectivity index (χ4v) is 1.91. The third-order valence-corrected chi connectivity index (χ3v) is 2.86. The Morgan fingerprint density at radius 2 is 2.39 bits per heavy atom. The highest BCUT2D eigenvalue weighted by Gasteiger charge is 2.14. The number of anilines is 1. The van der Waals surface area contributed by atoms with Gasteiger partial charge < -0.3 is 19.9 Å². The number of piperidine rings is 1. The smallest absolute Gasteiger partial charge is 0.227 e. The zero-order valence-corrected chi connectivity index (χ0v) is 10.6. The molecule has 2 rings (SSSR count). The van der Waals surface area contributed by atoms with Crippen LogP contribution in [0.25, 0.3) is 0 Å². The Hall–Kier alpha value is -1.40. The van der Waals surface area contributed by atoms with Crippen LogP contribution in [0.3, 0.4) is 0 Å². The minimum Gasteiger partial charge on any atom is -0.378 e. The van der Waals surface area contributed by atoms with Crippen molar-refractivity contribution in [3.05, 3.63) is 11.8 Å². The number of aryl methyl sites for hydroxylation is 1. The molecule has 1 aliphatic rings. The lowest BCUT2D eigenvalue weighted by atomic mass is 10.1. The molecule has 0 bridgehead atoms. The SMILES string of the molecule is Cc1cc(NC(=O)CCOC2CCNCC2)no1. The number of nitrogens with zero attached hydrogens (tertiary/aromatic N) is 1. The summed E-state index contributed by atoms with van der Waals surface area (Å²) in [5.74, 6) is 1.04. The van der Waals surface area contributed by atoms with E-state index in [0.717, 1.165) is 25.9 Å². The van der Waals surface area contributed by atoms with Gasteiger partial charge in [0.25, 0.3) is 0 Å². The molecule has 0 radical (unpaired) electrons. The average Bonchev–Trinajstić information content (AvgIpc) is 2.76. The second-order valence-electron chi connectivity index (χ2n) is 4.44. The van der Waals surface area contributed by atoms with Crippen LogP contribution in [0.5, 0.6) is 0 Å². The van der Waals surface area contributed by atoms with Crippen LogP contribution >= 0.6 is 0 Å². The van der Waals surface area contributed by atoms with Crippen molar-refractivity contribution in [3.8, 4) is 0 Å². The number of hydrogen-bond donors (Lipinski definition) is 2. The van der Waals surface area contributed by atoms with E-state index in [0.29, 0.717) is 24.6 Å². The highest BCUT2D eigenvalue weighted by molar-refractivity contribution is 5.89. The summed E-state index contributed by atoms with van der Waals surface area (Å²) < 4.78 is 10.5. The lowest BCUT2D eigenvalue weighted by molar-refractivity contribution is -0.117. The molecule has 0 aromatic carbocycles. The Morgan fingerprint density at radius 3 is 3.06 bits per heavy atom. The Balaban J connectivity index is 1.62. The van der Waals surface area contributed by atoms with Gasteiger partial charge in [0, 0.05) is 6.07 Å². The molecule has 2 heterocycles. The number of amides is 1. The number of carbonyl (C=O) groups excluding carboxylic acids is 1. The number of aromatic nitrogens is 1. The summed E-state index contributed by atoms with van der Waals surface area (Å²) in [5, 5.41) is 9.63. The molecular formula is C12H19N3O3. The first-order valence-electron chi connectivity index (χ1n) is 6.29. The molecule has 100 valence electrons. The molecule has 0 unspecified atom stereocenters. The molecule has 1 fully saturated rings. The van der Waals surface area contributed by atoms with E-state index in [1.54, 1.807) is 13.0 Å². The molecule has 18 heavy (non-hydrogen) atoms. The van der Waals surface area contributed by atoms with Gasteiger partial charge in [0.2, 0.25) is 5.91 Å². The van der Waals surface area contributed by atoms with E-state index in [1.807, 2.05) is 0 Å². The maximum absolute atomic E-state index is 11.6. The predicted molar refractivity (Wildman–Crippen MR) is 66.3 cm³/mol. The summed E-state index contributed by atoms with van der Waals surface area (Å²) in [4.78, 5) is 11.6. The van der Waals surface area contributed by atoms with Crippen LogP contribution in [0.2, 0.25) is 0 Å². The maximum Gasteiger partial charge on any atom is 0.227 e. The molecule has 1 saturated heterocycles. The van der Waals surface area contributed by atoms with Crippen molar-refractivity contribution in [1.82, 2.24) is 10.5 Å². The highest BCUT2D eigenvalue weighted by atomic mass is 16.5.